The van der Waals surface area contributed by atoms with Gasteiger partial charge in [-0.25, -0.2) is 4.98 Å². The molecule has 1 aromatic rings. The highest BCUT2D eigenvalue weighted by molar-refractivity contribution is 6.57. The van der Waals surface area contributed by atoms with Crippen molar-refractivity contribution < 1.29 is 12.9 Å². The summed E-state index contributed by atoms with van der Waals surface area (Å²) in [7, 11) is 0. The van der Waals surface area contributed by atoms with E-state index in [2.05, 4.69) is 4.98 Å². The molecule has 12 heavy (non-hydrogen) atoms. The maximum absolute atomic E-state index is 11.9. The van der Waals surface area contributed by atoms with Gasteiger partial charge < -0.3 is 12.9 Å². The van der Waals surface area contributed by atoms with Crippen LogP contribution < -0.4 is 0 Å². The Morgan fingerprint density at radius 1 is 1.42 bits per heavy atom. The van der Waals surface area contributed by atoms with Gasteiger partial charge in [0.25, 0.3) is 0 Å². The maximum atomic E-state index is 11.9. The third-order valence-electron chi connectivity index (χ3n) is 1.26. The van der Waals surface area contributed by atoms with E-state index < -0.39 is 13.3 Å². The molecular weight excluding hydrogens is 189 g/mol. The summed E-state index contributed by atoms with van der Waals surface area (Å²) in [4.78, 5) is 3.57. The molecule has 0 amide bonds. The van der Waals surface area contributed by atoms with Crippen molar-refractivity contribution in [3.05, 3.63) is 29.0 Å². The van der Waals surface area contributed by atoms with Crippen molar-refractivity contribution >= 4 is 18.6 Å². The summed E-state index contributed by atoms with van der Waals surface area (Å²) in [6, 6.07) is 2.53. The minimum atomic E-state index is -4.78. The second kappa shape index (κ2) is 3.35. The fraction of sp³-hybridized carbons (Fsp3) is 0.167. The molecule has 0 bridgehead atoms. The van der Waals surface area contributed by atoms with Crippen LogP contribution >= 0.6 is 11.6 Å². The van der Waals surface area contributed by atoms with Gasteiger partial charge in [0.05, 0.1) is 0 Å². The van der Waals surface area contributed by atoms with Gasteiger partial charge >= 0.3 is 6.98 Å². The Balaban J connectivity index is 2.77. The van der Waals surface area contributed by atoms with E-state index in [0.717, 1.165) is 0 Å². The zero-order chi connectivity index (χ0) is 9.19. The Morgan fingerprint density at radius 2 is 2.08 bits per heavy atom. The first-order valence-electron chi connectivity index (χ1n) is 3.29. The summed E-state index contributed by atoms with van der Waals surface area (Å²) in [5.41, 5.74) is 0.155. The van der Waals surface area contributed by atoms with E-state index in [1.807, 2.05) is 0 Å². The monoisotopic (exact) mass is 194 g/mol. The van der Waals surface area contributed by atoms with Gasteiger partial charge in [0.1, 0.15) is 5.15 Å². The molecule has 0 spiro atoms. The van der Waals surface area contributed by atoms with Gasteiger partial charge in [0.15, 0.2) is 0 Å². The molecule has 0 saturated carbocycles. The Bertz CT molecular complexity index is 276. The van der Waals surface area contributed by atoms with Crippen LogP contribution in [0.4, 0.5) is 12.9 Å². The number of hydrogen-bond donors (Lipinski definition) is 0. The van der Waals surface area contributed by atoms with Crippen LogP contribution in [0.1, 0.15) is 5.56 Å². The van der Waals surface area contributed by atoms with Crippen LogP contribution in [-0.4, -0.2) is 12.0 Å². The van der Waals surface area contributed by atoms with Crippen LogP contribution in [0.5, 0.6) is 0 Å². The zero-order valence-electron chi connectivity index (χ0n) is 5.98. The summed E-state index contributed by atoms with van der Waals surface area (Å²) >= 11 is 5.40. The quantitative estimate of drug-likeness (QED) is 0.521. The lowest BCUT2D eigenvalue weighted by atomic mass is 9.82. The first-order valence-corrected chi connectivity index (χ1v) is 3.66. The molecular formula is C6H5BClF3N-. The highest BCUT2D eigenvalue weighted by atomic mass is 35.5. The number of hydrogen-bond acceptors (Lipinski definition) is 1. The highest BCUT2D eigenvalue weighted by Crippen LogP contribution is 2.17. The molecule has 0 aliphatic heterocycles. The maximum Gasteiger partial charge on any atom is 0.482 e. The van der Waals surface area contributed by atoms with E-state index in [9.17, 15) is 12.9 Å². The van der Waals surface area contributed by atoms with Crippen LogP contribution in [0.2, 0.25) is 5.15 Å². The average molecular weight is 194 g/mol. The first-order chi connectivity index (χ1) is 5.47. The second-order valence-corrected chi connectivity index (χ2v) is 2.79. The Kier molecular flexibility index (Phi) is 2.62. The summed E-state index contributed by atoms with van der Waals surface area (Å²) in [5, 5.41) is 0.0903. The molecule has 1 rings (SSSR count). The van der Waals surface area contributed by atoms with Gasteiger partial charge in [0, 0.05) is 6.20 Å². The summed E-state index contributed by atoms with van der Waals surface area (Å²) in [5.74, 6) is 0. The Morgan fingerprint density at radius 3 is 2.58 bits per heavy atom. The standard InChI is InChI=1S/C6H5BClF3N/c8-6-3-5(1-2-12-6)4-7(9,10)11/h1-3H,4H2/q-1. The molecule has 66 valence electrons. The highest BCUT2D eigenvalue weighted by Gasteiger charge is 2.22. The Hall–Kier alpha value is -0.705. The molecule has 0 fully saturated rings. The molecule has 0 aromatic carbocycles. The largest absolute Gasteiger partial charge is 0.482 e. The Labute approximate surface area is 72.6 Å². The molecule has 0 atom stereocenters. The molecule has 0 N–H and O–H groups in total. The molecule has 1 heterocycles. The van der Waals surface area contributed by atoms with E-state index in [0.29, 0.717) is 0 Å². The fourth-order valence-corrected chi connectivity index (χ4v) is 1.03. The normalized spacial score (nSPS) is 11.7. The van der Waals surface area contributed by atoms with Crippen LogP contribution in [0.15, 0.2) is 18.3 Å². The van der Waals surface area contributed by atoms with Gasteiger partial charge in [-0.15, -0.1) is 0 Å². The molecule has 6 heteroatoms. The molecule has 0 saturated heterocycles. The summed E-state index contributed by atoms with van der Waals surface area (Å²) < 4.78 is 35.6. The van der Waals surface area contributed by atoms with Crippen LogP contribution in [0.3, 0.4) is 0 Å². The number of halogens is 4. The number of nitrogens with zero attached hydrogens (tertiary/aromatic N) is 1. The third kappa shape index (κ3) is 3.13. The SMILES string of the molecule is F[B-](F)(F)Cc1ccnc(Cl)c1. The fourth-order valence-electron chi connectivity index (χ4n) is 0.837. The summed E-state index contributed by atoms with van der Waals surface area (Å²) in [6.07, 6.45) is 0.363. The minimum absolute atomic E-state index is 0.0903. The van der Waals surface area contributed by atoms with Crippen molar-refractivity contribution in [3.8, 4) is 0 Å². The van der Waals surface area contributed by atoms with Crippen LogP contribution in [0, 0.1) is 0 Å². The topological polar surface area (TPSA) is 12.9 Å². The van der Waals surface area contributed by atoms with E-state index in [-0.39, 0.29) is 10.7 Å². The third-order valence-corrected chi connectivity index (χ3v) is 1.46. The van der Waals surface area contributed by atoms with Gasteiger partial charge in [-0.2, -0.15) is 0 Å². The number of pyridine rings is 1. The lowest BCUT2D eigenvalue weighted by Crippen LogP contribution is -2.19. The van der Waals surface area contributed by atoms with Gasteiger partial charge in [0.2, 0.25) is 0 Å². The van der Waals surface area contributed by atoms with Crippen molar-refractivity contribution in [2.75, 3.05) is 0 Å². The van der Waals surface area contributed by atoms with Crippen molar-refractivity contribution in [1.82, 2.24) is 4.98 Å². The van der Waals surface area contributed by atoms with Crippen LogP contribution in [-0.2, 0) is 6.32 Å². The van der Waals surface area contributed by atoms with Gasteiger partial charge in [-0.3, -0.25) is 0 Å². The molecule has 1 aromatic heterocycles. The van der Waals surface area contributed by atoms with Crippen LogP contribution in [0.25, 0.3) is 0 Å². The molecule has 0 aliphatic rings. The van der Waals surface area contributed by atoms with E-state index >= 15 is 0 Å². The lowest BCUT2D eigenvalue weighted by molar-refractivity contribution is 0.468. The lowest BCUT2D eigenvalue weighted by Gasteiger charge is -2.12. The number of rotatable bonds is 2. The van der Waals surface area contributed by atoms with Crippen molar-refractivity contribution in [2.24, 2.45) is 0 Å². The predicted molar refractivity (Wildman–Crippen MR) is 42.0 cm³/mol. The second-order valence-electron chi connectivity index (χ2n) is 2.40. The predicted octanol–water partition coefficient (Wildman–Crippen LogP) is 2.66. The number of aromatic nitrogens is 1. The first kappa shape index (κ1) is 9.38. The van der Waals surface area contributed by atoms with Crippen molar-refractivity contribution in [2.45, 2.75) is 6.32 Å². The van der Waals surface area contributed by atoms with Gasteiger partial charge in [-0.05, 0) is 12.1 Å². The van der Waals surface area contributed by atoms with Crippen molar-refractivity contribution in [3.63, 3.8) is 0 Å². The van der Waals surface area contributed by atoms with Crippen molar-refractivity contribution in [1.29, 1.82) is 0 Å². The smallest absolute Gasteiger partial charge is 0.449 e. The molecule has 0 aliphatic carbocycles. The van der Waals surface area contributed by atoms with E-state index in [1.54, 1.807) is 0 Å². The van der Waals surface area contributed by atoms with E-state index in [4.69, 9.17) is 11.6 Å². The summed E-state index contributed by atoms with van der Waals surface area (Å²) in [6.45, 7) is -4.78. The molecule has 0 unspecified atom stereocenters. The average Bonchev–Trinajstić information content (AvgIpc) is 1.82. The van der Waals surface area contributed by atoms with Gasteiger partial charge in [-0.1, -0.05) is 23.5 Å². The minimum Gasteiger partial charge on any atom is -0.449 e. The molecule has 0 radical (unpaired) electrons. The molecule has 1 nitrogen and oxygen atoms in total. The van der Waals surface area contributed by atoms with E-state index in [1.165, 1.54) is 18.3 Å². The zero-order valence-corrected chi connectivity index (χ0v) is 6.73.